The molecule has 31 heavy (non-hydrogen) atoms. The molecule has 2 aromatic rings. The number of amides is 3. The molecule has 0 bridgehead atoms. The molecular weight excluding hydrogens is 401 g/mol. The van der Waals surface area contributed by atoms with Gasteiger partial charge in [-0.1, -0.05) is 6.92 Å². The van der Waals surface area contributed by atoms with Gasteiger partial charge in [-0.15, -0.1) is 0 Å². The van der Waals surface area contributed by atoms with Gasteiger partial charge in [-0.25, -0.2) is 13.9 Å². The van der Waals surface area contributed by atoms with Crippen molar-refractivity contribution >= 4 is 17.6 Å². The van der Waals surface area contributed by atoms with Gasteiger partial charge >= 0.3 is 6.03 Å². The van der Waals surface area contributed by atoms with E-state index in [2.05, 4.69) is 10.6 Å². The number of carbonyl (C=O) groups excluding carboxylic acids is 2. The number of carbonyl (C=O) groups is 2. The number of anilines is 1. The second-order valence-corrected chi connectivity index (χ2v) is 9.07. The number of benzene rings is 1. The third-order valence-corrected chi connectivity index (χ3v) is 5.93. The van der Waals surface area contributed by atoms with Gasteiger partial charge in [-0.05, 0) is 57.9 Å². The molecule has 0 spiro atoms. The van der Waals surface area contributed by atoms with Crippen LogP contribution in [0, 0.1) is 5.82 Å². The summed E-state index contributed by atoms with van der Waals surface area (Å²) in [6.45, 7) is 7.09. The molecule has 1 aromatic carbocycles. The zero-order chi connectivity index (χ0) is 22.5. The number of aromatic nitrogens is 2. The predicted octanol–water partition coefficient (Wildman–Crippen LogP) is 2.23. The second-order valence-electron chi connectivity index (χ2n) is 9.07. The van der Waals surface area contributed by atoms with Gasteiger partial charge < -0.3 is 20.6 Å². The van der Waals surface area contributed by atoms with Crippen LogP contribution < -0.4 is 15.5 Å². The maximum absolute atomic E-state index is 13.4. The van der Waals surface area contributed by atoms with Crippen LogP contribution in [0.5, 0.6) is 0 Å². The molecule has 166 valence electrons. The van der Waals surface area contributed by atoms with E-state index in [0.29, 0.717) is 0 Å². The zero-order valence-corrected chi connectivity index (χ0v) is 18.1. The van der Waals surface area contributed by atoms with Crippen LogP contribution in [0.15, 0.2) is 24.3 Å². The molecule has 0 saturated heterocycles. The summed E-state index contributed by atoms with van der Waals surface area (Å²) in [6, 6.07) is 4.78. The molecule has 3 heterocycles. The molecule has 8 nitrogen and oxygen atoms in total. The van der Waals surface area contributed by atoms with Gasteiger partial charge in [0.25, 0.3) is 5.91 Å². The number of aliphatic hydroxyl groups is 1. The van der Waals surface area contributed by atoms with E-state index >= 15 is 0 Å². The Morgan fingerprint density at radius 1 is 1.29 bits per heavy atom. The summed E-state index contributed by atoms with van der Waals surface area (Å²) in [5.41, 5.74) is 2.13. The summed E-state index contributed by atoms with van der Waals surface area (Å²) < 4.78 is 15.2. The number of urea groups is 1. The summed E-state index contributed by atoms with van der Waals surface area (Å²) in [5, 5.41) is 20.0. The fourth-order valence-electron chi connectivity index (χ4n) is 4.27. The number of halogens is 1. The highest BCUT2D eigenvalue weighted by molar-refractivity contribution is 6.03. The average Bonchev–Trinajstić information content (AvgIpc) is 3.08. The summed E-state index contributed by atoms with van der Waals surface area (Å²) in [7, 11) is 0. The zero-order valence-electron chi connectivity index (χ0n) is 18.1. The van der Waals surface area contributed by atoms with E-state index < -0.39 is 17.7 Å². The lowest BCUT2D eigenvalue weighted by atomic mass is 9.87. The maximum atomic E-state index is 13.4. The van der Waals surface area contributed by atoms with Gasteiger partial charge in [0.2, 0.25) is 0 Å². The fourth-order valence-corrected chi connectivity index (χ4v) is 4.27. The van der Waals surface area contributed by atoms with Gasteiger partial charge in [-0.3, -0.25) is 4.79 Å². The summed E-state index contributed by atoms with van der Waals surface area (Å²) >= 11 is 0. The van der Waals surface area contributed by atoms with Crippen LogP contribution in [-0.4, -0.2) is 51.1 Å². The Morgan fingerprint density at radius 3 is 2.61 bits per heavy atom. The minimum Gasteiger partial charge on any atom is -0.389 e. The Balaban J connectivity index is 1.69. The van der Waals surface area contributed by atoms with Crippen LogP contribution in [0.3, 0.4) is 0 Å². The van der Waals surface area contributed by atoms with Crippen LogP contribution in [0.1, 0.15) is 51.4 Å². The minimum atomic E-state index is -1.06. The fraction of sp³-hybridized carbons (Fsp3) is 0.500. The van der Waals surface area contributed by atoms with Crippen molar-refractivity contribution in [3.63, 3.8) is 0 Å². The van der Waals surface area contributed by atoms with E-state index in [0.717, 1.165) is 35.6 Å². The van der Waals surface area contributed by atoms with Crippen molar-refractivity contribution in [3.8, 4) is 5.69 Å². The van der Waals surface area contributed by atoms with Crippen LogP contribution in [0.2, 0.25) is 0 Å². The molecule has 1 aromatic heterocycles. The van der Waals surface area contributed by atoms with Crippen LogP contribution in [-0.2, 0) is 11.2 Å². The van der Waals surface area contributed by atoms with Crippen molar-refractivity contribution in [2.75, 3.05) is 11.4 Å². The Morgan fingerprint density at radius 2 is 1.97 bits per heavy atom. The number of nitrogens with one attached hydrogen (secondary N) is 2. The third kappa shape index (κ3) is 3.89. The van der Waals surface area contributed by atoms with Crippen molar-refractivity contribution in [2.24, 2.45) is 0 Å². The SMILES string of the molecule is CC1c2nn(-c3ccc(F)cc3)c3c2N(C(=O)C1NC(=O)NCC(C)(C)O)C(C)CC3. The highest BCUT2D eigenvalue weighted by Crippen LogP contribution is 2.43. The van der Waals surface area contributed by atoms with Gasteiger partial charge in [0, 0.05) is 18.5 Å². The summed E-state index contributed by atoms with van der Waals surface area (Å²) in [4.78, 5) is 27.6. The highest BCUT2D eigenvalue weighted by atomic mass is 19.1. The smallest absolute Gasteiger partial charge is 0.315 e. The molecule has 2 aliphatic rings. The van der Waals surface area contributed by atoms with Crippen molar-refractivity contribution in [2.45, 2.75) is 64.1 Å². The lowest BCUT2D eigenvalue weighted by Gasteiger charge is -2.41. The Labute approximate surface area is 180 Å². The minimum absolute atomic E-state index is 0.0270. The Hall–Kier alpha value is -2.94. The monoisotopic (exact) mass is 429 g/mol. The summed E-state index contributed by atoms with van der Waals surface area (Å²) in [5.74, 6) is -0.850. The molecule has 3 unspecified atom stereocenters. The van der Waals surface area contributed by atoms with Crippen LogP contribution in [0.4, 0.5) is 14.9 Å². The first-order valence-corrected chi connectivity index (χ1v) is 10.5. The van der Waals surface area contributed by atoms with E-state index in [1.54, 1.807) is 35.6 Å². The lowest BCUT2D eigenvalue weighted by Crippen LogP contribution is -2.59. The topological polar surface area (TPSA) is 99.5 Å². The van der Waals surface area contributed by atoms with E-state index in [1.807, 2.05) is 13.8 Å². The molecule has 3 amide bonds. The first-order valence-electron chi connectivity index (χ1n) is 10.5. The molecular formula is C22H28FN5O3. The summed E-state index contributed by atoms with van der Waals surface area (Å²) in [6.07, 6.45) is 1.51. The lowest BCUT2D eigenvalue weighted by molar-refractivity contribution is -0.121. The van der Waals surface area contributed by atoms with Crippen LogP contribution >= 0.6 is 0 Å². The van der Waals surface area contributed by atoms with Gasteiger partial charge in [0.15, 0.2) is 0 Å². The largest absolute Gasteiger partial charge is 0.389 e. The molecule has 3 N–H and O–H groups in total. The second kappa shape index (κ2) is 7.64. The molecule has 0 aliphatic carbocycles. The van der Waals surface area contributed by atoms with Crippen molar-refractivity contribution in [1.29, 1.82) is 0 Å². The number of nitrogens with zero attached hydrogens (tertiary/aromatic N) is 3. The van der Waals surface area contributed by atoms with Gasteiger partial charge in [0.05, 0.1) is 28.4 Å². The molecule has 0 fully saturated rings. The maximum Gasteiger partial charge on any atom is 0.315 e. The molecule has 2 aliphatic heterocycles. The number of rotatable bonds is 4. The van der Waals surface area contributed by atoms with E-state index in [9.17, 15) is 19.1 Å². The predicted molar refractivity (Wildman–Crippen MR) is 114 cm³/mol. The number of hydrogen-bond donors (Lipinski definition) is 3. The first-order chi connectivity index (χ1) is 14.6. The van der Waals surface area contributed by atoms with Crippen molar-refractivity contribution < 1.29 is 19.1 Å². The van der Waals surface area contributed by atoms with E-state index in [4.69, 9.17) is 5.10 Å². The third-order valence-electron chi connectivity index (χ3n) is 5.93. The molecule has 3 atom stereocenters. The van der Waals surface area contributed by atoms with E-state index in [1.165, 1.54) is 12.1 Å². The normalized spacial score (nSPS) is 22.8. The Bertz CT molecular complexity index is 1010. The highest BCUT2D eigenvalue weighted by Gasteiger charge is 2.46. The van der Waals surface area contributed by atoms with Gasteiger partial charge in [0.1, 0.15) is 11.9 Å². The molecule has 0 radical (unpaired) electrons. The number of hydrogen-bond acceptors (Lipinski definition) is 4. The van der Waals surface area contributed by atoms with Crippen molar-refractivity contribution in [3.05, 3.63) is 41.5 Å². The molecule has 0 saturated carbocycles. The first kappa shape index (κ1) is 21.3. The van der Waals surface area contributed by atoms with Gasteiger partial charge in [-0.2, -0.15) is 5.10 Å². The average molecular weight is 429 g/mol. The molecule has 9 heteroatoms. The van der Waals surface area contributed by atoms with Crippen LogP contribution in [0.25, 0.3) is 5.69 Å². The van der Waals surface area contributed by atoms with E-state index in [-0.39, 0.29) is 30.2 Å². The molecule has 4 rings (SSSR count). The quantitative estimate of drug-likeness (QED) is 0.694. The standard InChI is InChI=1S/C22H28FN5O3/c1-12-5-10-16-19-17(26-28(16)15-8-6-14(23)7-9-15)13(2)18(20(29)27(12)19)25-21(30)24-11-22(3,4)31/h6-9,12-13,18,31H,5,10-11H2,1-4H3,(H2,24,25,30). The Kier molecular flexibility index (Phi) is 5.25. The van der Waals surface area contributed by atoms with Crippen molar-refractivity contribution in [1.82, 2.24) is 20.4 Å².